The van der Waals surface area contributed by atoms with Gasteiger partial charge in [0.2, 0.25) is 0 Å². The van der Waals surface area contributed by atoms with Gasteiger partial charge in [0.1, 0.15) is 0 Å². The zero-order chi connectivity index (χ0) is 11.2. The van der Waals surface area contributed by atoms with Crippen molar-refractivity contribution < 1.29 is 0 Å². The fraction of sp³-hybridized carbons (Fsp3) is 0.571. The second kappa shape index (κ2) is 6.27. The molecule has 1 aliphatic rings. The summed E-state index contributed by atoms with van der Waals surface area (Å²) in [5.74, 6) is 0. The first-order valence-corrected chi connectivity index (χ1v) is 6.69. The van der Waals surface area contributed by atoms with Crippen molar-refractivity contribution in [2.45, 2.75) is 38.6 Å². The molecule has 1 fully saturated rings. The maximum absolute atomic E-state index is 6.00. The van der Waals surface area contributed by atoms with Gasteiger partial charge in [-0.05, 0) is 43.6 Å². The average Bonchev–Trinajstić information content (AvgIpc) is 2.22. The maximum Gasteiger partial charge on any atom is 0.0409 e. The Bertz CT molecular complexity index is 316. The van der Waals surface area contributed by atoms with E-state index in [1.807, 2.05) is 12.1 Å². The van der Waals surface area contributed by atoms with Crippen LogP contribution in [0, 0.1) is 0 Å². The monoisotopic (exact) mass is 237 g/mol. The van der Waals surface area contributed by atoms with E-state index in [4.69, 9.17) is 11.6 Å². The second-order valence-electron chi connectivity index (χ2n) is 4.67. The van der Waals surface area contributed by atoms with E-state index in [0.29, 0.717) is 0 Å². The lowest BCUT2D eigenvalue weighted by Gasteiger charge is -2.24. The Morgan fingerprint density at radius 2 is 1.69 bits per heavy atom. The lowest BCUT2D eigenvalue weighted by Crippen LogP contribution is -2.26. The Hall–Kier alpha value is -0.530. The Morgan fingerprint density at radius 3 is 2.38 bits per heavy atom. The van der Waals surface area contributed by atoms with Gasteiger partial charge in [-0.2, -0.15) is 0 Å². The van der Waals surface area contributed by atoms with Gasteiger partial charge in [-0.25, -0.2) is 0 Å². The number of likely N-dealkylation sites (tertiary alicyclic amines) is 1. The van der Waals surface area contributed by atoms with Gasteiger partial charge in [-0.3, -0.25) is 4.90 Å². The highest BCUT2D eigenvalue weighted by Crippen LogP contribution is 2.16. The van der Waals surface area contributed by atoms with E-state index in [-0.39, 0.29) is 0 Å². The first-order chi connectivity index (χ1) is 7.84. The average molecular weight is 238 g/mol. The topological polar surface area (TPSA) is 3.24 Å². The summed E-state index contributed by atoms with van der Waals surface area (Å²) in [4.78, 5) is 2.56. The van der Waals surface area contributed by atoms with Crippen LogP contribution in [-0.2, 0) is 6.54 Å². The summed E-state index contributed by atoms with van der Waals surface area (Å²) in [6, 6.07) is 8.24. The van der Waals surface area contributed by atoms with Gasteiger partial charge in [0.05, 0.1) is 0 Å². The fourth-order valence-corrected chi connectivity index (χ4v) is 2.58. The molecule has 1 aliphatic heterocycles. The predicted octanol–water partition coefficient (Wildman–Crippen LogP) is 4.11. The van der Waals surface area contributed by atoms with Crippen molar-refractivity contribution in [2.24, 2.45) is 0 Å². The number of hydrogen-bond donors (Lipinski definition) is 0. The molecule has 0 bridgehead atoms. The van der Waals surface area contributed by atoms with Gasteiger partial charge in [-0.1, -0.05) is 43.0 Å². The molecule has 0 radical (unpaired) electrons. The predicted molar refractivity (Wildman–Crippen MR) is 69.8 cm³/mol. The smallest absolute Gasteiger partial charge is 0.0409 e. The molecular formula is C14H20ClN. The summed E-state index contributed by atoms with van der Waals surface area (Å²) in [6.45, 7) is 3.54. The van der Waals surface area contributed by atoms with E-state index < -0.39 is 0 Å². The molecule has 0 unspecified atom stereocenters. The summed E-state index contributed by atoms with van der Waals surface area (Å²) in [7, 11) is 0. The lowest BCUT2D eigenvalue weighted by atomic mass is 10.1. The largest absolute Gasteiger partial charge is 0.299 e. The van der Waals surface area contributed by atoms with Gasteiger partial charge in [0, 0.05) is 11.6 Å². The quantitative estimate of drug-likeness (QED) is 0.749. The zero-order valence-corrected chi connectivity index (χ0v) is 10.5. The highest BCUT2D eigenvalue weighted by molar-refractivity contribution is 6.30. The summed E-state index contributed by atoms with van der Waals surface area (Å²) < 4.78 is 0. The minimum absolute atomic E-state index is 0.851. The molecule has 16 heavy (non-hydrogen) atoms. The summed E-state index contributed by atoms with van der Waals surface area (Å²) >= 11 is 6.00. The highest BCUT2D eigenvalue weighted by Gasteiger charge is 2.08. The van der Waals surface area contributed by atoms with Gasteiger partial charge < -0.3 is 0 Å². The number of halogens is 1. The molecule has 0 atom stereocenters. The minimum atomic E-state index is 0.851. The maximum atomic E-state index is 6.00. The second-order valence-corrected chi connectivity index (χ2v) is 5.11. The van der Waals surface area contributed by atoms with Crippen molar-refractivity contribution in [3.8, 4) is 0 Å². The van der Waals surface area contributed by atoms with Crippen LogP contribution in [0.2, 0.25) is 5.02 Å². The molecule has 88 valence electrons. The summed E-state index contributed by atoms with van der Waals surface area (Å²) in [5, 5.41) is 0.851. The van der Waals surface area contributed by atoms with Crippen molar-refractivity contribution >= 4 is 11.6 Å². The molecule has 0 aromatic heterocycles. The third-order valence-electron chi connectivity index (χ3n) is 3.24. The van der Waals surface area contributed by atoms with Crippen LogP contribution < -0.4 is 0 Å². The van der Waals surface area contributed by atoms with E-state index in [9.17, 15) is 0 Å². The van der Waals surface area contributed by atoms with Crippen molar-refractivity contribution in [3.05, 3.63) is 34.9 Å². The number of hydrogen-bond acceptors (Lipinski definition) is 1. The molecule has 1 nitrogen and oxygen atoms in total. The Labute approximate surface area is 103 Å². The van der Waals surface area contributed by atoms with Gasteiger partial charge >= 0.3 is 0 Å². The molecule has 1 heterocycles. The number of benzene rings is 1. The minimum Gasteiger partial charge on any atom is -0.299 e. The number of rotatable bonds is 2. The van der Waals surface area contributed by atoms with Crippen LogP contribution in [0.15, 0.2) is 24.3 Å². The molecule has 0 N–H and O–H groups in total. The van der Waals surface area contributed by atoms with Crippen LogP contribution in [0.5, 0.6) is 0 Å². The molecule has 2 rings (SSSR count). The Kier molecular flexibility index (Phi) is 4.68. The third kappa shape index (κ3) is 3.80. The third-order valence-corrected chi connectivity index (χ3v) is 3.48. The highest BCUT2D eigenvalue weighted by atomic mass is 35.5. The van der Waals surface area contributed by atoms with E-state index in [1.54, 1.807) is 0 Å². The molecule has 1 saturated heterocycles. The summed E-state index contributed by atoms with van der Waals surface area (Å²) in [5.41, 5.74) is 1.34. The first kappa shape index (κ1) is 11.9. The lowest BCUT2D eigenvalue weighted by molar-refractivity contribution is 0.240. The van der Waals surface area contributed by atoms with Crippen molar-refractivity contribution in [3.63, 3.8) is 0 Å². The van der Waals surface area contributed by atoms with E-state index >= 15 is 0 Å². The number of nitrogens with zero attached hydrogens (tertiary/aromatic N) is 1. The molecule has 0 aliphatic carbocycles. The van der Waals surface area contributed by atoms with Crippen molar-refractivity contribution in [1.29, 1.82) is 0 Å². The van der Waals surface area contributed by atoms with Crippen LogP contribution in [0.25, 0.3) is 0 Å². The van der Waals surface area contributed by atoms with Crippen LogP contribution >= 0.6 is 11.6 Å². The molecule has 2 heteroatoms. The van der Waals surface area contributed by atoms with Crippen LogP contribution in [0.4, 0.5) is 0 Å². The normalized spacial score (nSPS) is 19.1. The molecule has 1 aromatic rings. The van der Waals surface area contributed by atoms with Crippen LogP contribution in [0.1, 0.15) is 37.7 Å². The molecule has 0 amide bonds. The van der Waals surface area contributed by atoms with Gasteiger partial charge in [0.15, 0.2) is 0 Å². The van der Waals surface area contributed by atoms with E-state index in [2.05, 4.69) is 17.0 Å². The molecule has 1 aromatic carbocycles. The first-order valence-electron chi connectivity index (χ1n) is 6.31. The van der Waals surface area contributed by atoms with Crippen molar-refractivity contribution in [2.75, 3.05) is 13.1 Å². The standard InChI is InChI=1S/C14H20ClN/c15-14-8-6-7-13(11-14)12-16-9-4-2-1-3-5-10-16/h6-8,11H,1-5,9-10,12H2. The van der Waals surface area contributed by atoms with E-state index in [0.717, 1.165) is 11.6 Å². The van der Waals surface area contributed by atoms with Crippen molar-refractivity contribution in [1.82, 2.24) is 4.90 Å². The molecule has 0 spiro atoms. The zero-order valence-electron chi connectivity index (χ0n) is 9.79. The molecule has 0 saturated carbocycles. The van der Waals surface area contributed by atoms with Crippen LogP contribution in [0.3, 0.4) is 0 Å². The van der Waals surface area contributed by atoms with E-state index in [1.165, 1.54) is 50.8 Å². The SMILES string of the molecule is Clc1cccc(CN2CCCCCCC2)c1. The Balaban J connectivity index is 1.91. The fourth-order valence-electron chi connectivity index (χ4n) is 2.36. The van der Waals surface area contributed by atoms with Gasteiger partial charge in [0.25, 0.3) is 0 Å². The van der Waals surface area contributed by atoms with Crippen LogP contribution in [-0.4, -0.2) is 18.0 Å². The van der Waals surface area contributed by atoms with Gasteiger partial charge in [-0.15, -0.1) is 0 Å². The molecular weight excluding hydrogens is 218 g/mol. The Morgan fingerprint density at radius 1 is 1.00 bits per heavy atom. The summed E-state index contributed by atoms with van der Waals surface area (Å²) in [6.07, 6.45) is 6.91.